The van der Waals surface area contributed by atoms with Crippen molar-refractivity contribution in [3.8, 4) is 0 Å². The minimum Gasteiger partial charge on any atom is -0.481 e. The van der Waals surface area contributed by atoms with Crippen molar-refractivity contribution in [1.82, 2.24) is 15.5 Å². The van der Waals surface area contributed by atoms with Crippen molar-refractivity contribution in [1.29, 1.82) is 0 Å². The number of nitro groups is 1. The number of nitro benzene ring substituents is 1. The fraction of sp³-hybridized carbons (Fsp3) is 0.314. The van der Waals surface area contributed by atoms with Crippen LogP contribution in [-0.4, -0.2) is 81.7 Å². The summed E-state index contributed by atoms with van der Waals surface area (Å²) in [6, 6.07) is 20.2. The number of anilines is 1. The number of rotatable bonds is 14. The standard InChI is InChI=1S/C33H38N8O6.C2H4O2/c34-33(35)36-19-7-13-26(29(42)37-24-15-17-25(18-16-24)41(46)47)38-30(43)27(21-22-9-3-1-4-10-22)39-31(44)28-14-8-20-40(28)32(45)23-11-5-2-6-12-23;1-2(3)4/h1-6,9-12,15-18,26-28H,7-8,13-14,19-21H2,(H,37,42)(H,38,43)(H,39,44)(H4,34,35,36);1H3,(H,3,4)/t26-,27-,28-;/m0./s1. The van der Waals surface area contributed by atoms with Crippen LogP contribution < -0.4 is 27.4 Å². The lowest BCUT2D eigenvalue weighted by Crippen LogP contribution is -2.56. The summed E-state index contributed by atoms with van der Waals surface area (Å²) in [5.74, 6) is -2.86. The second-order valence-electron chi connectivity index (χ2n) is 11.6. The molecule has 1 aliphatic rings. The Morgan fingerprint density at radius 3 is 2.12 bits per heavy atom. The van der Waals surface area contributed by atoms with Gasteiger partial charge < -0.3 is 37.4 Å². The van der Waals surface area contributed by atoms with Gasteiger partial charge in [0.05, 0.1) is 4.92 Å². The zero-order valence-corrected chi connectivity index (χ0v) is 28.1. The second kappa shape index (κ2) is 19.6. The molecule has 0 spiro atoms. The van der Waals surface area contributed by atoms with E-state index in [1.54, 1.807) is 30.3 Å². The summed E-state index contributed by atoms with van der Waals surface area (Å²) >= 11 is 0. The molecule has 0 unspecified atom stereocenters. The molecular weight excluding hydrogens is 660 g/mol. The van der Waals surface area contributed by atoms with E-state index in [9.17, 15) is 29.3 Å². The molecule has 1 heterocycles. The van der Waals surface area contributed by atoms with Gasteiger partial charge in [-0.25, -0.2) is 0 Å². The molecule has 0 saturated carbocycles. The van der Waals surface area contributed by atoms with Gasteiger partial charge in [0.2, 0.25) is 17.7 Å². The first-order chi connectivity index (χ1) is 24.3. The Labute approximate surface area is 294 Å². The number of carboxylic acids is 1. The smallest absolute Gasteiger partial charge is 0.300 e. The molecule has 4 rings (SSSR count). The quantitative estimate of drug-likeness (QED) is 0.0469. The molecule has 1 aliphatic heterocycles. The van der Waals surface area contributed by atoms with Gasteiger partial charge in [-0.2, -0.15) is 0 Å². The summed E-state index contributed by atoms with van der Waals surface area (Å²) in [5.41, 5.74) is 12.2. The fourth-order valence-corrected chi connectivity index (χ4v) is 5.30. The zero-order valence-electron chi connectivity index (χ0n) is 28.1. The summed E-state index contributed by atoms with van der Waals surface area (Å²) in [7, 11) is 0. The SMILES string of the molecule is CC(=O)O.NC(N)=NCCC[C@H](NC(=O)[C@H](Cc1ccccc1)NC(=O)[C@@H]1CCCN1C(=O)c1ccccc1)C(=O)Nc1ccc([N+](=O)[O-])cc1. The average Bonchev–Trinajstić information content (AvgIpc) is 3.60. The van der Waals surface area contributed by atoms with Crippen LogP contribution in [0.5, 0.6) is 0 Å². The van der Waals surface area contributed by atoms with Crippen LogP contribution in [0.15, 0.2) is 89.9 Å². The van der Waals surface area contributed by atoms with Crippen molar-refractivity contribution in [2.24, 2.45) is 16.5 Å². The third kappa shape index (κ3) is 12.9. The highest BCUT2D eigenvalue weighted by molar-refractivity contribution is 6.00. The van der Waals surface area contributed by atoms with Crippen LogP contribution in [0, 0.1) is 10.1 Å². The predicted molar refractivity (Wildman–Crippen MR) is 189 cm³/mol. The molecule has 270 valence electrons. The number of carboxylic acid groups (broad SMARTS) is 1. The molecule has 3 aromatic carbocycles. The maximum Gasteiger partial charge on any atom is 0.300 e. The summed E-state index contributed by atoms with van der Waals surface area (Å²) in [5, 5.41) is 26.7. The van der Waals surface area contributed by atoms with E-state index in [0.29, 0.717) is 37.1 Å². The predicted octanol–water partition coefficient (Wildman–Crippen LogP) is 2.19. The Kier molecular flexibility index (Phi) is 15.1. The van der Waals surface area contributed by atoms with Gasteiger partial charge in [-0.05, 0) is 55.5 Å². The van der Waals surface area contributed by atoms with Crippen LogP contribution in [0.2, 0.25) is 0 Å². The van der Waals surface area contributed by atoms with E-state index in [4.69, 9.17) is 21.4 Å². The summed E-state index contributed by atoms with van der Waals surface area (Å²) in [4.78, 5) is 79.0. The highest BCUT2D eigenvalue weighted by atomic mass is 16.6. The molecule has 16 nitrogen and oxygen atoms in total. The highest BCUT2D eigenvalue weighted by Crippen LogP contribution is 2.21. The van der Waals surface area contributed by atoms with Crippen molar-refractivity contribution in [3.05, 3.63) is 106 Å². The van der Waals surface area contributed by atoms with E-state index in [1.807, 2.05) is 30.3 Å². The van der Waals surface area contributed by atoms with E-state index in [1.165, 1.54) is 29.2 Å². The van der Waals surface area contributed by atoms with Crippen LogP contribution in [0.3, 0.4) is 0 Å². The fourth-order valence-electron chi connectivity index (χ4n) is 5.30. The van der Waals surface area contributed by atoms with Gasteiger partial charge in [0.15, 0.2) is 5.96 Å². The molecule has 0 aromatic heterocycles. The Morgan fingerprint density at radius 1 is 0.922 bits per heavy atom. The van der Waals surface area contributed by atoms with Crippen molar-refractivity contribution < 1.29 is 34.0 Å². The second-order valence-corrected chi connectivity index (χ2v) is 11.6. The average molecular weight is 703 g/mol. The van der Waals surface area contributed by atoms with E-state index in [2.05, 4.69) is 20.9 Å². The Bertz CT molecular complexity index is 1680. The molecule has 0 bridgehead atoms. The largest absolute Gasteiger partial charge is 0.481 e. The Morgan fingerprint density at radius 2 is 1.53 bits per heavy atom. The normalized spacial score (nSPS) is 14.5. The molecule has 51 heavy (non-hydrogen) atoms. The number of amides is 4. The molecular formula is C35H42N8O8. The van der Waals surface area contributed by atoms with Gasteiger partial charge in [0.1, 0.15) is 18.1 Å². The van der Waals surface area contributed by atoms with E-state index in [-0.39, 0.29) is 36.9 Å². The molecule has 1 saturated heterocycles. The first-order valence-corrected chi connectivity index (χ1v) is 16.2. The molecule has 3 aromatic rings. The number of nitrogens with zero attached hydrogens (tertiary/aromatic N) is 3. The molecule has 0 radical (unpaired) electrons. The molecule has 8 N–H and O–H groups in total. The lowest BCUT2D eigenvalue weighted by Gasteiger charge is -2.27. The van der Waals surface area contributed by atoms with Gasteiger partial charge in [-0.3, -0.25) is 39.1 Å². The van der Waals surface area contributed by atoms with Crippen LogP contribution in [0.25, 0.3) is 0 Å². The van der Waals surface area contributed by atoms with Crippen LogP contribution in [0.1, 0.15) is 48.5 Å². The molecule has 0 aliphatic carbocycles. The number of aliphatic carboxylic acids is 1. The number of hydrogen-bond acceptors (Lipinski definition) is 8. The van der Waals surface area contributed by atoms with E-state index in [0.717, 1.165) is 12.5 Å². The number of aliphatic imine (C=N–C) groups is 1. The highest BCUT2D eigenvalue weighted by Gasteiger charge is 2.37. The number of carbonyl (C=O) groups excluding carboxylic acids is 4. The van der Waals surface area contributed by atoms with Crippen molar-refractivity contribution >= 4 is 46.9 Å². The van der Waals surface area contributed by atoms with Crippen LogP contribution in [-0.2, 0) is 25.6 Å². The van der Waals surface area contributed by atoms with Gasteiger partial charge in [-0.1, -0.05) is 48.5 Å². The zero-order chi connectivity index (χ0) is 37.3. The lowest BCUT2D eigenvalue weighted by molar-refractivity contribution is -0.384. The monoisotopic (exact) mass is 702 g/mol. The Balaban J connectivity index is 0.00000166. The van der Waals surface area contributed by atoms with Gasteiger partial charge in [-0.15, -0.1) is 0 Å². The van der Waals surface area contributed by atoms with Crippen molar-refractivity contribution in [2.75, 3.05) is 18.4 Å². The van der Waals surface area contributed by atoms with E-state index < -0.39 is 46.7 Å². The summed E-state index contributed by atoms with van der Waals surface area (Å²) in [6.07, 6.45) is 1.69. The summed E-state index contributed by atoms with van der Waals surface area (Å²) in [6.45, 7) is 1.69. The third-order valence-electron chi connectivity index (χ3n) is 7.68. The first kappa shape index (κ1) is 39.1. The number of likely N-dealkylation sites (tertiary alicyclic amines) is 1. The van der Waals surface area contributed by atoms with Crippen molar-refractivity contribution in [2.45, 2.75) is 57.2 Å². The van der Waals surface area contributed by atoms with Gasteiger partial charge in [0.25, 0.3) is 17.6 Å². The number of carbonyl (C=O) groups is 5. The molecule has 16 heteroatoms. The summed E-state index contributed by atoms with van der Waals surface area (Å²) < 4.78 is 0. The van der Waals surface area contributed by atoms with Crippen LogP contribution in [0.4, 0.5) is 11.4 Å². The minimum atomic E-state index is -1.08. The number of hydrogen-bond donors (Lipinski definition) is 6. The van der Waals surface area contributed by atoms with Crippen molar-refractivity contribution in [3.63, 3.8) is 0 Å². The van der Waals surface area contributed by atoms with Crippen LogP contribution >= 0.6 is 0 Å². The van der Waals surface area contributed by atoms with Gasteiger partial charge >= 0.3 is 0 Å². The first-order valence-electron chi connectivity index (χ1n) is 16.2. The molecule has 3 atom stereocenters. The van der Waals surface area contributed by atoms with Gasteiger partial charge in [0, 0.05) is 49.8 Å². The topological polar surface area (TPSA) is 252 Å². The number of benzene rings is 3. The number of non-ortho nitro benzene ring substituents is 1. The lowest BCUT2D eigenvalue weighted by atomic mass is 10.0. The maximum atomic E-state index is 13.8. The minimum absolute atomic E-state index is 0.113. The Hall–Kier alpha value is -6.32. The third-order valence-corrected chi connectivity index (χ3v) is 7.68. The number of guanidine groups is 1. The van der Waals surface area contributed by atoms with E-state index >= 15 is 0 Å². The number of nitrogens with one attached hydrogen (secondary N) is 3. The number of nitrogens with two attached hydrogens (primary N) is 2. The molecule has 1 fully saturated rings. The maximum absolute atomic E-state index is 13.8. The molecule has 4 amide bonds.